The second-order valence-corrected chi connectivity index (χ2v) is 5.12. The molecule has 80 valence electrons. The Kier molecular flexibility index (Phi) is 2.06. The zero-order valence-electron chi connectivity index (χ0n) is 8.39. The molecular weight excluding hydrogens is 213 g/mol. The van der Waals surface area contributed by atoms with Crippen molar-refractivity contribution in [2.24, 2.45) is 10.9 Å². The van der Waals surface area contributed by atoms with E-state index >= 15 is 0 Å². The molecule has 1 aliphatic carbocycles. The molecule has 4 atom stereocenters. The minimum Gasteiger partial charge on any atom is -0.471 e. The van der Waals surface area contributed by atoms with Crippen LogP contribution in [0.15, 0.2) is 22.5 Å². The van der Waals surface area contributed by atoms with Crippen molar-refractivity contribution in [3.05, 3.63) is 22.4 Å². The summed E-state index contributed by atoms with van der Waals surface area (Å²) in [4.78, 5) is 5.51. The summed E-state index contributed by atoms with van der Waals surface area (Å²) in [6.45, 7) is 1.90. The number of alkyl halides is 1. The first kappa shape index (κ1) is 9.33. The molecule has 2 nitrogen and oxygen atoms in total. The summed E-state index contributed by atoms with van der Waals surface area (Å²) in [6.07, 6.45) is -0.286. The summed E-state index contributed by atoms with van der Waals surface area (Å²) in [5.41, 5.74) is 0. The van der Waals surface area contributed by atoms with E-state index in [4.69, 9.17) is 4.74 Å². The Morgan fingerprint density at radius 1 is 1.60 bits per heavy atom. The van der Waals surface area contributed by atoms with Crippen LogP contribution in [0.1, 0.15) is 18.2 Å². The van der Waals surface area contributed by atoms with Crippen molar-refractivity contribution in [3.8, 4) is 0 Å². The Morgan fingerprint density at radius 3 is 3.13 bits per heavy atom. The standard InChI is InChI=1S/C11H12FNOS/c1-6-7(12)5-8-10(6)14-11(13-8)9-3-2-4-15-9/h2-4,6-8,10H,5H2,1H3/t6-,7+,8-,10+/m0/s1. The minimum atomic E-state index is -0.756. The highest BCUT2D eigenvalue weighted by molar-refractivity contribution is 7.12. The largest absolute Gasteiger partial charge is 0.471 e. The Labute approximate surface area is 91.8 Å². The van der Waals surface area contributed by atoms with Gasteiger partial charge in [-0.1, -0.05) is 13.0 Å². The first-order valence-electron chi connectivity index (χ1n) is 5.18. The number of thiophene rings is 1. The fourth-order valence-corrected chi connectivity index (χ4v) is 2.94. The molecule has 0 amide bonds. The number of fused-ring (bicyclic) bond motifs is 1. The fraction of sp³-hybridized carbons (Fsp3) is 0.545. The van der Waals surface area contributed by atoms with Gasteiger partial charge in [-0.2, -0.15) is 0 Å². The quantitative estimate of drug-likeness (QED) is 0.720. The van der Waals surface area contributed by atoms with Crippen molar-refractivity contribution < 1.29 is 9.13 Å². The monoisotopic (exact) mass is 225 g/mol. The minimum absolute atomic E-state index is 0.0313. The van der Waals surface area contributed by atoms with Gasteiger partial charge in [-0.25, -0.2) is 9.38 Å². The first-order chi connectivity index (χ1) is 7.25. The van der Waals surface area contributed by atoms with E-state index in [1.165, 1.54) is 0 Å². The maximum Gasteiger partial charge on any atom is 0.227 e. The normalized spacial score (nSPS) is 38.7. The maximum absolute atomic E-state index is 13.4. The fourth-order valence-electron chi connectivity index (χ4n) is 2.28. The molecule has 0 spiro atoms. The summed E-state index contributed by atoms with van der Waals surface area (Å²) in [5.74, 6) is 0.676. The zero-order chi connectivity index (χ0) is 10.4. The van der Waals surface area contributed by atoms with Crippen LogP contribution in [0.25, 0.3) is 0 Å². The molecule has 4 heteroatoms. The number of ether oxygens (including phenoxy) is 1. The molecule has 1 fully saturated rings. The third-order valence-electron chi connectivity index (χ3n) is 3.20. The summed E-state index contributed by atoms with van der Waals surface area (Å²) < 4.78 is 19.1. The second-order valence-electron chi connectivity index (χ2n) is 4.17. The van der Waals surface area contributed by atoms with Crippen LogP contribution in [-0.2, 0) is 4.74 Å². The van der Waals surface area contributed by atoms with E-state index in [0.29, 0.717) is 12.3 Å². The van der Waals surface area contributed by atoms with Gasteiger partial charge in [-0.15, -0.1) is 11.3 Å². The molecule has 3 rings (SSSR count). The van der Waals surface area contributed by atoms with Crippen molar-refractivity contribution in [1.82, 2.24) is 0 Å². The number of nitrogens with zero attached hydrogens (tertiary/aromatic N) is 1. The van der Waals surface area contributed by atoms with Crippen LogP contribution in [0.5, 0.6) is 0 Å². The van der Waals surface area contributed by atoms with Crippen LogP contribution in [0.2, 0.25) is 0 Å². The lowest BCUT2D eigenvalue weighted by atomic mass is 10.1. The average Bonchev–Trinajstić information content (AvgIpc) is 2.86. The third-order valence-corrected chi connectivity index (χ3v) is 4.06. The van der Waals surface area contributed by atoms with Gasteiger partial charge in [-0.3, -0.25) is 0 Å². The van der Waals surface area contributed by atoms with E-state index in [0.717, 1.165) is 4.88 Å². The van der Waals surface area contributed by atoms with Crippen LogP contribution >= 0.6 is 11.3 Å². The van der Waals surface area contributed by atoms with E-state index in [2.05, 4.69) is 4.99 Å². The average molecular weight is 225 g/mol. The van der Waals surface area contributed by atoms with Crippen molar-refractivity contribution in [2.75, 3.05) is 0 Å². The van der Waals surface area contributed by atoms with Crippen LogP contribution in [0.4, 0.5) is 4.39 Å². The van der Waals surface area contributed by atoms with Crippen LogP contribution in [-0.4, -0.2) is 24.2 Å². The highest BCUT2D eigenvalue weighted by Crippen LogP contribution is 2.38. The lowest BCUT2D eigenvalue weighted by molar-refractivity contribution is 0.138. The SMILES string of the molecule is C[C@@H]1[C@H]2OC(c3cccs3)=N[C@H]2C[C@H]1F. The first-order valence-corrected chi connectivity index (χ1v) is 6.06. The van der Waals surface area contributed by atoms with Gasteiger partial charge in [0.15, 0.2) is 0 Å². The Hall–Kier alpha value is -0.900. The summed E-state index contributed by atoms with van der Waals surface area (Å²) in [5, 5.41) is 2.00. The number of aliphatic imine (C=N–C) groups is 1. The molecular formula is C11H12FNOS. The van der Waals surface area contributed by atoms with Gasteiger partial charge < -0.3 is 4.74 Å². The van der Waals surface area contributed by atoms with E-state index in [-0.39, 0.29) is 18.1 Å². The molecule has 0 bridgehead atoms. The zero-order valence-corrected chi connectivity index (χ0v) is 9.21. The highest BCUT2D eigenvalue weighted by atomic mass is 32.1. The number of hydrogen-bond donors (Lipinski definition) is 0. The second kappa shape index (κ2) is 3.30. The molecule has 1 saturated carbocycles. The summed E-state index contributed by atoms with van der Waals surface area (Å²) >= 11 is 1.61. The molecule has 0 unspecified atom stereocenters. The van der Waals surface area contributed by atoms with E-state index in [9.17, 15) is 4.39 Å². The van der Waals surface area contributed by atoms with E-state index in [1.807, 2.05) is 24.4 Å². The summed E-state index contributed by atoms with van der Waals surface area (Å²) in [6, 6.07) is 4.00. The van der Waals surface area contributed by atoms with Crippen molar-refractivity contribution in [1.29, 1.82) is 0 Å². The van der Waals surface area contributed by atoms with E-state index < -0.39 is 6.17 Å². The topological polar surface area (TPSA) is 21.6 Å². The molecule has 2 heterocycles. The third kappa shape index (κ3) is 1.39. The van der Waals surface area contributed by atoms with Crippen molar-refractivity contribution >= 4 is 17.2 Å². The van der Waals surface area contributed by atoms with Crippen LogP contribution < -0.4 is 0 Å². The molecule has 1 aliphatic heterocycles. The molecule has 0 N–H and O–H groups in total. The lowest BCUT2D eigenvalue weighted by Gasteiger charge is -2.14. The molecule has 2 aliphatic rings. The smallest absolute Gasteiger partial charge is 0.227 e. The van der Waals surface area contributed by atoms with Gasteiger partial charge in [0.2, 0.25) is 5.90 Å². The van der Waals surface area contributed by atoms with Gasteiger partial charge in [0.05, 0.1) is 10.9 Å². The molecule has 0 radical (unpaired) electrons. The van der Waals surface area contributed by atoms with Crippen molar-refractivity contribution in [2.45, 2.75) is 31.7 Å². The predicted octanol–water partition coefficient (Wildman–Crippen LogP) is 2.64. The van der Waals surface area contributed by atoms with Gasteiger partial charge >= 0.3 is 0 Å². The molecule has 0 aromatic carbocycles. The van der Waals surface area contributed by atoms with Gasteiger partial charge in [0, 0.05) is 12.3 Å². The van der Waals surface area contributed by atoms with Crippen molar-refractivity contribution in [3.63, 3.8) is 0 Å². The number of hydrogen-bond acceptors (Lipinski definition) is 3. The maximum atomic E-state index is 13.4. The Balaban J connectivity index is 1.85. The Bertz CT molecular complexity index is 389. The lowest BCUT2D eigenvalue weighted by Crippen LogP contribution is -2.23. The number of halogens is 1. The summed E-state index contributed by atoms with van der Waals surface area (Å²) in [7, 11) is 0. The molecule has 1 aromatic heterocycles. The molecule has 1 aromatic rings. The highest BCUT2D eigenvalue weighted by Gasteiger charge is 2.46. The number of rotatable bonds is 1. The van der Waals surface area contributed by atoms with Gasteiger partial charge in [-0.05, 0) is 11.4 Å². The predicted molar refractivity (Wildman–Crippen MR) is 58.2 cm³/mol. The van der Waals surface area contributed by atoms with Gasteiger partial charge in [0.1, 0.15) is 12.3 Å². The van der Waals surface area contributed by atoms with Crippen LogP contribution in [0.3, 0.4) is 0 Å². The van der Waals surface area contributed by atoms with Crippen LogP contribution in [0, 0.1) is 5.92 Å². The molecule has 15 heavy (non-hydrogen) atoms. The van der Waals surface area contributed by atoms with Gasteiger partial charge in [0.25, 0.3) is 0 Å². The molecule has 0 saturated heterocycles. The van der Waals surface area contributed by atoms with E-state index in [1.54, 1.807) is 11.3 Å². The Morgan fingerprint density at radius 2 is 2.47 bits per heavy atom.